The number of nitrogens with zero attached hydrogens (tertiary/aromatic N) is 1. The van der Waals surface area contributed by atoms with Gasteiger partial charge < -0.3 is 10.6 Å². The predicted octanol–water partition coefficient (Wildman–Crippen LogP) is 3.18. The zero-order valence-corrected chi connectivity index (χ0v) is 15.8. The monoisotopic (exact) mass is 383 g/mol. The lowest BCUT2D eigenvalue weighted by molar-refractivity contribution is -0.133. The third-order valence-electron chi connectivity index (χ3n) is 4.79. The molecule has 2 aromatic carbocycles. The molecule has 2 aromatic rings. The van der Waals surface area contributed by atoms with Crippen molar-refractivity contribution < 1.29 is 18.8 Å². The maximum atomic E-state index is 13.7. The zero-order chi connectivity index (χ0) is 20.3. The number of hydrogen-bond acceptors (Lipinski definition) is 3. The van der Waals surface area contributed by atoms with E-state index in [0.717, 1.165) is 23.3 Å². The molecular formula is C21H22FN3O3. The summed E-state index contributed by atoms with van der Waals surface area (Å²) in [5, 5.41) is 5.04. The van der Waals surface area contributed by atoms with Gasteiger partial charge in [0.15, 0.2) is 0 Å². The molecule has 0 radical (unpaired) electrons. The van der Waals surface area contributed by atoms with Crippen LogP contribution >= 0.6 is 0 Å². The molecule has 3 rings (SSSR count). The lowest BCUT2D eigenvalue weighted by Crippen LogP contribution is -2.42. The first-order chi connectivity index (χ1) is 13.3. The Morgan fingerprint density at radius 2 is 1.82 bits per heavy atom. The highest BCUT2D eigenvalue weighted by molar-refractivity contribution is 6.10. The van der Waals surface area contributed by atoms with E-state index in [0.29, 0.717) is 5.56 Å². The predicted molar refractivity (Wildman–Crippen MR) is 103 cm³/mol. The number of halogens is 1. The lowest BCUT2D eigenvalue weighted by Gasteiger charge is -2.22. The fourth-order valence-electron chi connectivity index (χ4n) is 3.23. The van der Waals surface area contributed by atoms with Crippen LogP contribution in [0.4, 0.5) is 14.9 Å². The molecule has 28 heavy (non-hydrogen) atoms. The van der Waals surface area contributed by atoms with Crippen LogP contribution in [0.2, 0.25) is 0 Å². The van der Waals surface area contributed by atoms with Gasteiger partial charge in [-0.25, -0.2) is 9.18 Å². The van der Waals surface area contributed by atoms with Crippen molar-refractivity contribution in [3.63, 3.8) is 0 Å². The molecule has 1 atom stereocenters. The van der Waals surface area contributed by atoms with Gasteiger partial charge in [0.05, 0.1) is 5.69 Å². The molecule has 0 aromatic heterocycles. The normalized spacial score (nSPS) is 18.9. The van der Waals surface area contributed by atoms with Crippen LogP contribution in [0.1, 0.15) is 31.4 Å². The number of anilines is 1. The summed E-state index contributed by atoms with van der Waals surface area (Å²) in [6.45, 7) is 3.19. The summed E-state index contributed by atoms with van der Waals surface area (Å²) in [6, 6.07) is 12.5. The van der Waals surface area contributed by atoms with Gasteiger partial charge in [0.25, 0.3) is 5.91 Å². The van der Waals surface area contributed by atoms with Gasteiger partial charge in [-0.2, -0.15) is 0 Å². The molecule has 1 unspecified atom stereocenters. The Labute approximate surface area is 162 Å². The molecule has 1 aliphatic rings. The van der Waals surface area contributed by atoms with Crippen molar-refractivity contribution in [2.75, 3.05) is 11.9 Å². The van der Waals surface area contributed by atoms with Gasteiger partial charge in [0.1, 0.15) is 17.9 Å². The number of benzene rings is 2. The van der Waals surface area contributed by atoms with Crippen LogP contribution in [0.5, 0.6) is 0 Å². The second-order valence-corrected chi connectivity index (χ2v) is 6.92. The van der Waals surface area contributed by atoms with E-state index in [1.54, 1.807) is 13.0 Å². The van der Waals surface area contributed by atoms with E-state index in [1.807, 2.05) is 24.3 Å². The average molecular weight is 383 g/mol. The van der Waals surface area contributed by atoms with Crippen molar-refractivity contribution >= 4 is 23.5 Å². The first-order valence-electron chi connectivity index (χ1n) is 9.13. The molecular weight excluding hydrogens is 361 g/mol. The second-order valence-electron chi connectivity index (χ2n) is 6.92. The number of imide groups is 1. The van der Waals surface area contributed by atoms with Gasteiger partial charge >= 0.3 is 6.03 Å². The minimum atomic E-state index is -1.25. The molecule has 1 saturated heterocycles. The van der Waals surface area contributed by atoms with Crippen molar-refractivity contribution in [3.05, 3.63) is 65.5 Å². The van der Waals surface area contributed by atoms with E-state index < -0.39 is 35.7 Å². The Balaban J connectivity index is 1.73. The molecule has 0 bridgehead atoms. The molecule has 1 heterocycles. The Morgan fingerprint density at radius 3 is 2.46 bits per heavy atom. The largest absolute Gasteiger partial charge is 0.325 e. The first-order valence-corrected chi connectivity index (χ1v) is 9.13. The Hall–Kier alpha value is -3.22. The molecule has 1 fully saturated rings. The van der Waals surface area contributed by atoms with Gasteiger partial charge in [-0.15, -0.1) is 0 Å². The standard InChI is InChI=1S/C21H22FN3O3/c1-3-6-14-9-11-15(12-10-14)21(2)19(27)25(20(28)24-21)13-18(26)23-17-8-5-4-7-16(17)22/h4-5,7-12H,3,6,13H2,1-2H3,(H,23,26)(H,24,28). The number of urea groups is 1. The van der Waals surface area contributed by atoms with E-state index in [-0.39, 0.29) is 5.69 Å². The Bertz CT molecular complexity index is 913. The third-order valence-corrected chi connectivity index (χ3v) is 4.79. The number of hydrogen-bond donors (Lipinski definition) is 2. The summed E-state index contributed by atoms with van der Waals surface area (Å²) >= 11 is 0. The van der Waals surface area contributed by atoms with Crippen molar-refractivity contribution in [3.8, 4) is 0 Å². The summed E-state index contributed by atoms with van der Waals surface area (Å²) in [4.78, 5) is 38.3. The second kappa shape index (κ2) is 7.80. The minimum Gasteiger partial charge on any atom is -0.322 e. The van der Waals surface area contributed by atoms with E-state index in [1.165, 1.54) is 18.2 Å². The first kappa shape index (κ1) is 19.5. The van der Waals surface area contributed by atoms with Crippen LogP contribution in [0.3, 0.4) is 0 Å². The van der Waals surface area contributed by atoms with Crippen molar-refractivity contribution in [1.82, 2.24) is 10.2 Å². The highest BCUT2D eigenvalue weighted by Crippen LogP contribution is 2.29. The molecule has 0 saturated carbocycles. The summed E-state index contributed by atoms with van der Waals surface area (Å²) < 4.78 is 13.7. The van der Waals surface area contributed by atoms with Crippen LogP contribution < -0.4 is 10.6 Å². The molecule has 7 heteroatoms. The van der Waals surface area contributed by atoms with Crippen LogP contribution in [-0.4, -0.2) is 29.3 Å². The molecule has 4 amide bonds. The average Bonchev–Trinajstić information content (AvgIpc) is 2.88. The number of carbonyl (C=O) groups is 3. The maximum Gasteiger partial charge on any atom is 0.325 e. The fourth-order valence-corrected chi connectivity index (χ4v) is 3.23. The molecule has 2 N–H and O–H groups in total. The molecule has 146 valence electrons. The molecule has 1 aliphatic heterocycles. The van der Waals surface area contributed by atoms with Gasteiger partial charge in [-0.3, -0.25) is 14.5 Å². The topological polar surface area (TPSA) is 78.5 Å². The summed E-state index contributed by atoms with van der Waals surface area (Å²) in [6.07, 6.45) is 1.94. The van der Waals surface area contributed by atoms with E-state index in [2.05, 4.69) is 17.6 Å². The number of rotatable bonds is 6. The number of para-hydroxylation sites is 1. The summed E-state index contributed by atoms with van der Waals surface area (Å²) in [5.41, 5.74) is 0.532. The smallest absolute Gasteiger partial charge is 0.322 e. The van der Waals surface area contributed by atoms with Crippen LogP contribution in [0, 0.1) is 5.82 Å². The number of carbonyl (C=O) groups excluding carboxylic acids is 3. The van der Waals surface area contributed by atoms with Gasteiger partial charge in [-0.05, 0) is 36.6 Å². The highest BCUT2D eigenvalue weighted by Gasteiger charge is 2.49. The van der Waals surface area contributed by atoms with E-state index >= 15 is 0 Å². The SMILES string of the molecule is CCCc1ccc(C2(C)NC(=O)N(CC(=O)Nc3ccccc3F)C2=O)cc1. The van der Waals surface area contributed by atoms with Gasteiger partial charge in [0.2, 0.25) is 5.91 Å². The number of aryl methyl sites for hydroxylation is 1. The minimum absolute atomic E-state index is 0.00571. The number of nitrogens with one attached hydrogen (secondary N) is 2. The molecule has 0 spiro atoms. The number of amides is 4. The van der Waals surface area contributed by atoms with Gasteiger partial charge in [0, 0.05) is 0 Å². The fraction of sp³-hybridized carbons (Fsp3) is 0.286. The van der Waals surface area contributed by atoms with Crippen molar-refractivity contribution in [2.45, 2.75) is 32.2 Å². The quantitative estimate of drug-likeness (QED) is 0.752. The van der Waals surface area contributed by atoms with E-state index in [4.69, 9.17) is 0 Å². The van der Waals surface area contributed by atoms with E-state index in [9.17, 15) is 18.8 Å². The molecule has 0 aliphatic carbocycles. The third kappa shape index (κ3) is 3.74. The van der Waals surface area contributed by atoms with Gasteiger partial charge in [-0.1, -0.05) is 49.7 Å². The van der Waals surface area contributed by atoms with Crippen LogP contribution in [-0.2, 0) is 21.5 Å². The van der Waals surface area contributed by atoms with Crippen molar-refractivity contribution in [1.29, 1.82) is 0 Å². The summed E-state index contributed by atoms with van der Waals surface area (Å²) in [5.74, 6) is -1.77. The van der Waals surface area contributed by atoms with Crippen LogP contribution in [0.25, 0.3) is 0 Å². The maximum absolute atomic E-state index is 13.7. The van der Waals surface area contributed by atoms with Crippen LogP contribution in [0.15, 0.2) is 48.5 Å². The zero-order valence-electron chi connectivity index (χ0n) is 15.8. The van der Waals surface area contributed by atoms with Crippen molar-refractivity contribution in [2.24, 2.45) is 0 Å². The lowest BCUT2D eigenvalue weighted by atomic mass is 9.91. The Kier molecular flexibility index (Phi) is 5.44. The summed E-state index contributed by atoms with van der Waals surface area (Å²) in [7, 11) is 0. The highest BCUT2D eigenvalue weighted by atomic mass is 19.1. The molecule has 6 nitrogen and oxygen atoms in total. The Morgan fingerprint density at radius 1 is 1.14 bits per heavy atom.